The minimum atomic E-state index is -3.73. The molecule has 0 bridgehead atoms. The maximum atomic E-state index is 11.7. The van der Waals surface area contributed by atoms with E-state index in [1.807, 2.05) is 32.0 Å². The Morgan fingerprint density at radius 3 is 2.12 bits per heavy atom. The van der Waals surface area contributed by atoms with Crippen molar-refractivity contribution in [1.82, 2.24) is 0 Å². The molecule has 0 radical (unpaired) electrons. The van der Waals surface area contributed by atoms with E-state index in [1.165, 1.54) is 24.3 Å². The Labute approximate surface area is 152 Å². The number of ether oxygens (including phenoxy) is 3. The predicted molar refractivity (Wildman–Crippen MR) is 95.7 cm³/mol. The van der Waals surface area contributed by atoms with E-state index in [2.05, 4.69) is 0 Å². The second-order valence-corrected chi connectivity index (χ2v) is 7.26. The lowest BCUT2D eigenvalue weighted by atomic mass is 10.1. The Morgan fingerprint density at radius 1 is 0.923 bits per heavy atom. The van der Waals surface area contributed by atoms with Gasteiger partial charge in [0.2, 0.25) is 10.0 Å². The molecule has 0 amide bonds. The highest BCUT2D eigenvalue weighted by atomic mass is 32.2. The number of carbonyl (C=O) groups is 1. The normalized spacial score (nSPS) is 11.0. The van der Waals surface area contributed by atoms with Gasteiger partial charge in [0.15, 0.2) is 6.61 Å². The van der Waals surface area contributed by atoms with E-state index in [1.54, 1.807) is 0 Å². The molecule has 26 heavy (non-hydrogen) atoms. The number of benzene rings is 2. The standard InChI is InChI=1S/C18H21NO6S/c1-13-9-14(2)11-16(10-13)25-12-18(20)24-8-7-23-15-3-5-17(6-4-15)26(19,21)22/h3-6,9-11H,7-8,12H2,1-2H3,(H2,19,21,22). The maximum absolute atomic E-state index is 11.7. The summed E-state index contributed by atoms with van der Waals surface area (Å²) >= 11 is 0. The molecule has 0 saturated carbocycles. The summed E-state index contributed by atoms with van der Waals surface area (Å²) in [5.74, 6) is 0.558. The molecule has 0 fully saturated rings. The zero-order valence-corrected chi connectivity index (χ0v) is 15.4. The van der Waals surface area contributed by atoms with Crippen LogP contribution in [-0.4, -0.2) is 34.2 Å². The zero-order valence-electron chi connectivity index (χ0n) is 14.6. The number of aryl methyl sites for hydroxylation is 2. The maximum Gasteiger partial charge on any atom is 0.344 e. The van der Waals surface area contributed by atoms with Crippen LogP contribution in [0.25, 0.3) is 0 Å². The van der Waals surface area contributed by atoms with E-state index >= 15 is 0 Å². The number of esters is 1. The van der Waals surface area contributed by atoms with Crippen LogP contribution in [-0.2, 0) is 19.6 Å². The first kappa shape index (κ1) is 19.7. The summed E-state index contributed by atoms with van der Waals surface area (Å²) in [6, 6.07) is 11.3. The first-order chi connectivity index (χ1) is 12.2. The van der Waals surface area contributed by atoms with Gasteiger partial charge in [-0.25, -0.2) is 18.4 Å². The van der Waals surface area contributed by atoms with Crippen LogP contribution in [0.15, 0.2) is 47.4 Å². The lowest BCUT2D eigenvalue weighted by Crippen LogP contribution is -2.18. The minimum Gasteiger partial charge on any atom is -0.490 e. The van der Waals surface area contributed by atoms with Crippen molar-refractivity contribution in [2.75, 3.05) is 19.8 Å². The molecule has 0 aliphatic rings. The fraction of sp³-hybridized carbons (Fsp3) is 0.278. The molecule has 0 aromatic heterocycles. The molecule has 7 nitrogen and oxygen atoms in total. The van der Waals surface area contributed by atoms with Crippen molar-refractivity contribution >= 4 is 16.0 Å². The Hall–Kier alpha value is -2.58. The molecule has 0 saturated heterocycles. The Kier molecular flexibility index (Phi) is 6.59. The fourth-order valence-corrected chi connectivity index (χ4v) is 2.76. The van der Waals surface area contributed by atoms with Gasteiger partial charge in [-0.15, -0.1) is 0 Å². The minimum absolute atomic E-state index is 0.000174. The van der Waals surface area contributed by atoms with Crippen molar-refractivity contribution in [3.8, 4) is 11.5 Å². The molecule has 0 atom stereocenters. The third-order valence-corrected chi connectivity index (χ3v) is 4.25. The van der Waals surface area contributed by atoms with Crippen LogP contribution in [0, 0.1) is 13.8 Å². The van der Waals surface area contributed by atoms with Crippen molar-refractivity contribution < 1.29 is 27.4 Å². The third kappa shape index (κ3) is 6.38. The summed E-state index contributed by atoms with van der Waals surface area (Å²) < 4.78 is 38.1. The summed E-state index contributed by atoms with van der Waals surface area (Å²) in [4.78, 5) is 11.7. The number of nitrogens with two attached hydrogens (primary N) is 1. The molecule has 8 heteroatoms. The SMILES string of the molecule is Cc1cc(C)cc(OCC(=O)OCCOc2ccc(S(N)(=O)=O)cc2)c1. The third-order valence-electron chi connectivity index (χ3n) is 3.32. The van der Waals surface area contributed by atoms with E-state index in [-0.39, 0.29) is 24.7 Å². The van der Waals surface area contributed by atoms with Gasteiger partial charge in [0.25, 0.3) is 0 Å². The lowest BCUT2D eigenvalue weighted by molar-refractivity contribution is -0.146. The van der Waals surface area contributed by atoms with Crippen molar-refractivity contribution in [2.24, 2.45) is 5.14 Å². The highest BCUT2D eigenvalue weighted by Gasteiger charge is 2.08. The molecule has 0 unspecified atom stereocenters. The molecule has 2 N–H and O–H groups in total. The van der Waals surface area contributed by atoms with E-state index in [0.29, 0.717) is 11.5 Å². The number of sulfonamides is 1. The molecule has 0 aliphatic heterocycles. The molecule has 140 valence electrons. The first-order valence-electron chi connectivity index (χ1n) is 7.86. The summed E-state index contributed by atoms with van der Waals surface area (Å²) in [5.41, 5.74) is 2.10. The summed E-state index contributed by atoms with van der Waals surface area (Å²) in [6.07, 6.45) is 0. The zero-order chi connectivity index (χ0) is 19.2. The van der Waals surface area contributed by atoms with Crippen LogP contribution in [0.4, 0.5) is 0 Å². The van der Waals surface area contributed by atoms with Crippen LogP contribution in [0.3, 0.4) is 0 Å². The number of hydrogen-bond acceptors (Lipinski definition) is 6. The van der Waals surface area contributed by atoms with Gasteiger partial charge in [0.05, 0.1) is 4.90 Å². The largest absolute Gasteiger partial charge is 0.490 e. The van der Waals surface area contributed by atoms with Crippen LogP contribution in [0.2, 0.25) is 0 Å². The van der Waals surface area contributed by atoms with Gasteiger partial charge >= 0.3 is 5.97 Å². The topological polar surface area (TPSA) is 105 Å². The second-order valence-electron chi connectivity index (χ2n) is 5.70. The Balaban J connectivity index is 1.70. The van der Waals surface area contributed by atoms with Gasteiger partial charge in [0, 0.05) is 0 Å². The van der Waals surface area contributed by atoms with Crippen LogP contribution in [0.1, 0.15) is 11.1 Å². The molecule has 2 aromatic rings. The van der Waals surface area contributed by atoms with E-state index in [9.17, 15) is 13.2 Å². The smallest absolute Gasteiger partial charge is 0.344 e. The van der Waals surface area contributed by atoms with Crippen molar-refractivity contribution in [2.45, 2.75) is 18.7 Å². The van der Waals surface area contributed by atoms with E-state index < -0.39 is 16.0 Å². The Morgan fingerprint density at radius 2 is 1.54 bits per heavy atom. The summed E-state index contributed by atoms with van der Waals surface area (Å²) in [5, 5.41) is 5.01. The van der Waals surface area contributed by atoms with Crippen molar-refractivity contribution in [1.29, 1.82) is 0 Å². The molecular formula is C18H21NO6S. The quantitative estimate of drug-likeness (QED) is 0.555. The Bertz CT molecular complexity index is 842. The van der Waals surface area contributed by atoms with Crippen LogP contribution >= 0.6 is 0 Å². The average molecular weight is 379 g/mol. The summed E-state index contributed by atoms with van der Waals surface area (Å²) in [7, 11) is -3.73. The number of rotatable bonds is 8. The lowest BCUT2D eigenvalue weighted by Gasteiger charge is -2.09. The van der Waals surface area contributed by atoms with Gasteiger partial charge in [0.1, 0.15) is 24.7 Å². The van der Waals surface area contributed by atoms with Crippen molar-refractivity contribution in [3.63, 3.8) is 0 Å². The summed E-state index contributed by atoms with van der Waals surface area (Å²) in [6.45, 7) is 3.89. The van der Waals surface area contributed by atoms with Gasteiger partial charge in [-0.2, -0.15) is 0 Å². The average Bonchev–Trinajstić information content (AvgIpc) is 2.56. The second kappa shape index (κ2) is 8.68. The monoisotopic (exact) mass is 379 g/mol. The van der Waals surface area contributed by atoms with Crippen LogP contribution < -0.4 is 14.6 Å². The van der Waals surface area contributed by atoms with Gasteiger partial charge in [-0.1, -0.05) is 6.07 Å². The fourth-order valence-electron chi connectivity index (χ4n) is 2.24. The predicted octanol–water partition coefficient (Wildman–Crippen LogP) is 1.95. The van der Waals surface area contributed by atoms with Gasteiger partial charge < -0.3 is 14.2 Å². The van der Waals surface area contributed by atoms with Crippen molar-refractivity contribution in [3.05, 3.63) is 53.6 Å². The van der Waals surface area contributed by atoms with Gasteiger partial charge in [-0.05, 0) is 61.4 Å². The highest BCUT2D eigenvalue weighted by Crippen LogP contribution is 2.16. The number of primary sulfonamides is 1. The van der Waals surface area contributed by atoms with E-state index in [0.717, 1.165) is 11.1 Å². The van der Waals surface area contributed by atoms with Crippen LogP contribution in [0.5, 0.6) is 11.5 Å². The molecule has 2 aromatic carbocycles. The first-order valence-corrected chi connectivity index (χ1v) is 9.41. The molecule has 0 aliphatic carbocycles. The molecule has 2 rings (SSSR count). The van der Waals surface area contributed by atoms with Gasteiger partial charge in [-0.3, -0.25) is 0 Å². The molecule has 0 spiro atoms. The highest BCUT2D eigenvalue weighted by molar-refractivity contribution is 7.89. The molecule has 0 heterocycles. The number of hydrogen-bond donors (Lipinski definition) is 1. The van der Waals surface area contributed by atoms with E-state index in [4.69, 9.17) is 19.3 Å². The number of carbonyl (C=O) groups excluding carboxylic acids is 1. The molecular weight excluding hydrogens is 358 g/mol.